The third-order valence-electron chi connectivity index (χ3n) is 2.48. The largest absolute Gasteiger partial charge is 0.121 e. The van der Waals surface area contributed by atoms with Gasteiger partial charge in [0, 0.05) is 5.54 Å². The minimum atomic E-state index is -0.310. The summed E-state index contributed by atoms with van der Waals surface area (Å²) >= 11 is 17.9. The molecule has 0 unspecified atom stereocenters. The van der Waals surface area contributed by atoms with E-state index in [1.807, 2.05) is 13.0 Å². The van der Waals surface area contributed by atoms with Gasteiger partial charge in [-0.05, 0) is 38.3 Å². The van der Waals surface area contributed by atoms with E-state index < -0.39 is 0 Å². The van der Waals surface area contributed by atoms with Crippen LogP contribution in [-0.4, -0.2) is 10.3 Å². The van der Waals surface area contributed by atoms with Crippen LogP contribution in [-0.2, 0) is 0 Å². The zero-order valence-electron chi connectivity index (χ0n) is 7.78. The SMILES string of the molecule is CC1=C(/C=C/Cl)C[C@@H](Cl)[C@@](C)(Cl)C1. The highest BCUT2D eigenvalue weighted by molar-refractivity contribution is 6.32. The summed E-state index contributed by atoms with van der Waals surface area (Å²) in [7, 11) is 0. The monoisotopic (exact) mass is 238 g/mol. The molecular weight excluding hydrogens is 226 g/mol. The number of hydrogen-bond donors (Lipinski definition) is 0. The highest BCUT2D eigenvalue weighted by Crippen LogP contribution is 2.40. The number of halogens is 3. The van der Waals surface area contributed by atoms with E-state index in [4.69, 9.17) is 34.8 Å². The quantitative estimate of drug-likeness (QED) is 0.593. The Bertz CT molecular complexity index is 251. The Morgan fingerprint density at radius 2 is 2.15 bits per heavy atom. The molecule has 0 amide bonds. The van der Waals surface area contributed by atoms with Crippen LogP contribution in [0, 0.1) is 0 Å². The summed E-state index contributed by atoms with van der Waals surface area (Å²) in [6.07, 6.45) is 3.54. The van der Waals surface area contributed by atoms with Crippen LogP contribution in [0.2, 0.25) is 0 Å². The average Bonchev–Trinajstić information content (AvgIpc) is 2.00. The molecule has 1 rings (SSSR count). The van der Waals surface area contributed by atoms with Crippen molar-refractivity contribution in [3.05, 3.63) is 22.8 Å². The first kappa shape index (κ1) is 11.4. The fourth-order valence-corrected chi connectivity index (χ4v) is 2.28. The Morgan fingerprint density at radius 3 is 2.69 bits per heavy atom. The predicted octanol–water partition coefficient (Wildman–Crippen LogP) is 4.45. The Hall–Kier alpha value is 0.350. The third-order valence-corrected chi connectivity index (χ3v) is 3.75. The average molecular weight is 240 g/mol. The second-order valence-corrected chi connectivity index (χ2v) is 5.37. The summed E-state index contributed by atoms with van der Waals surface area (Å²) in [6, 6.07) is 0. The summed E-state index contributed by atoms with van der Waals surface area (Å²) in [5, 5.41) is -0.0132. The van der Waals surface area contributed by atoms with E-state index in [1.54, 1.807) is 0 Å². The van der Waals surface area contributed by atoms with Gasteiger partial charge in [0.2, 0.25) is 0 Å². The fraction of sp³-hybridized carbons (Fsp3) is 0.600. The molecule has 0 nitrogen and oxygen atoms in total. The summed E-state index contributed by atoms with van der Waals surface area (Å²) in [5.41, 5.74) is 4.03. The zero-order chi connectivity index (χ0) is 10.1. The van der Waals surface area contributed by atoms with E-state index in [0.29, 0.717) is 0 Å². The first-order valence-corrected chi connectivity index (χ1v) is 5.51. The van der Waals surface area contributed by atoms with Crippen LogP contribution in [0.25, 0.3) is 0 Å². The van der Waals surface area contributed by atoms with E-state index in [9.17, 15) is 0 Å². The lowest BCUT2D eigenvalue weighted by Gasteiger charge is -2.33. The van der Waals surface area contributed by atoms with Gasteiger partial charge < -0.3 is 0 Å². The van der Waals surface area contributed by atoms with Gasteiger partial charge in [0.05, 0.1) is 10.3 Å². The van der Waals surface area contributed by atoms with Gasteiger partial charge in [0.1, 0.15) is 0 Å². The summed E-state index contributed by atoms with van der Waals surface area (Å²) in [4.78, 5) is -0.310. The maximum atomic E-state index is 6.26. The Labute approximate surface area is 94.5 Å². The molecule has 74 valence electrons. The van der Waals surface area contributed by atoms with E-state index in [1.165, 1.54) is 16.7 Å². The van der Waals surface area contributed by atoms with Crippen LogP contribution in [0.4, 0.5) is 0 Å². The number of allylic oxidation sites excluding steroid dienone is 3. The molecule has 0 aliphatic heterocycles. The summed E-state index contributed by atoms with van der Waals surface area (Å²) in [6.45, 7) is 4.06. The molecule has 1 aliphatic carbocycles. The van der Waals surface area contributed by atoms with Crippen molar-refractivity contribution in [2.75, 3.05) is 0 Å². The smallest absolute Gasteiger partial charge is 0.0622 e. The molecule has 0 aromatic rings. The van der Waals surface area contributed by atoms with Gasteiger partial charge in [-0.2, -0.15) is 0 Å². The Balaban J connectivity index is 2.90. The van der Waals surface area contributed by atoms with Crippen LogP contribution in [0.5, 0.6) is 0 Å². The normalized spacial score (nSPS) is 35.9. The van der Waals surface area contributed by atoms with Crippen molar-refractivity contribution in [3.63, 3.8) is 0 Å². The maximum absolute atomic E-state index is 6.26. The van der Waals surface area contributed by atoms with Gasteiger partial charge in [-0.3, -0.25) is 0 Å². The van der Waals surface area contributed by atoms with Crippen molar-refractivity contribution in [1.29, 1.82) is 0 Å². The third kappa shape index (κ3) is 2.65. The van der Waals surface area contributed by atoms with Gasteiger partial charge in [0.15, 0.2) is 0 Å². The molecule has 0 fully saturated rings. The van der Waals surface area contributed by atoms with Gasteiger partial charge in [-0.1, -0.05) is 17.2 Å². The fourth-order valence-electron chi connectivity index (χ4n) is 1.61. The van der Waals surface area contributed by atoms with E-state index in [0.717, 1.165) is 12.8 Å². The number of hydrogen-bond acceptors (Lipinski definition) is 0. The lowest BCUT2D eigenvalue weighted by molar-refractivity contribution is 0.547. The van der Waals surface area contributed by atoms with Crippen LogP contribution in [0.15, 0.2) is 22.8 Å². The molecular formula is C10H13Cl3. The maximum Gasteiger partial charge on any atom is 0.0622 e. The zero-order valence-corrected chi connectivity index (χ0v) is 10.0. The van der Waals surface area contributed by atoms with Crippen molar-refractivity contribution in [3.8, 4) is 0 Å². The standard InChI is InChI=1S/C10H13Cl3/c1-7-6-10(2,13)9(12)5-8(7)3-4-11/h3-4,9H,5-6H2,1-2H3/b4-3+/t9-,10+/m1/s1. The molecule has 0 aromatic carbocycles. The van der Waals surface area contributed by atoms with Crippen molar-refractivity contribution in [2.24, 2.45) is 0 Å². The van der Waals surface area contributed by atoms with Crippen molar-refractivity contribution in [2.45, 2.75) is 36.9 Å². The molecule has 3 heteroatoms. The molecule has 2 atom stereocenters. The van der Waals surface area contributed by atoms with Gasteiger partial charge in [-0.25, -0.2) is 0 Å². The van der Waals surface area contributed by atoms with Gasteiger partial charge in [-0.15, -0.1) is 23.2 Å². The van der Waals surface area contributed by atoms with Gasteiger partial charge in [0.25, 0.3) is 0 Å². The first-order valence-electron chi connectivity index (χ1n) is 4.26. The molecule has 0 saturated heterocycles. The van der Waals surface area contributed by atoms with E-state index in [2.05, 4.69) is 6.92 Å². The number of rotatable bonds is 1. The molecule has 0 heterocycles. The minimum absolute atomic E-state index is 0.0132. The van der Waals surface area contributed by atoms with Crippen LogP contribution >= 0.6 is 34.8 Å². The Kier molecular flexibility index (Phi) is 3.73. The summed E-state index contributed by atoms with van der Waals surface area (Å²) < 4.78 is 0. The first-order chi connectivity index (χ1) is 5.97. The lowest BCUT2D eigenvalue weighted by Crippen LogP contribution is -2.33. The topological polar surface area (TPSA) is 0 Å². The van der Waals surface area contributed by atoms with Gasteiger partial charge >= 0.3 is 0 Å². The molecule has 0 spiro atoms. The van der Waals surface area contributed by atoms with Crippen molar-refractivity contribution < 1.29 is 0 Å². The molecule has 0 saturated carbocycles. The highest BCUT2D eigenvalue weighted by atomic mass is 35.5. The van der Waals surface area contributed by atoms with Crippen molar-refractivity contribution in [1.82, 2.24) is 0 Å². The van der Waals surface area contributed by atoms with Crippen LogP contribution in [0.1, 0.15) is 26.7 Å². The van der Waals surface area contributed by atoms with E-state index >= 15 is 0 Å². The lowest BCUT2D eigenvalue weighted by atomic mass is 9.84. The molecule has 13 heavy (non-hydrogen) atoms. The molecule has 0 radical (unpaired) electrons. The molecule has 0 N–H and O–H groups in total. The van der Waals surface area contributed by atoms with Crippen LogP contribution < -0.4 is 0 Å². The summed E-state index contributed by atoms with van der Waals surface area (Å²) in [5.74, 6) is 0. The van der Waals surface area contributed by atoms with Crippen molar-refractivity contribution >= 4 is 34.8 Å². The highest BCUT2D eigenvalue weighted by Gasteiger charge is 2.35. The Morgan fingerprint density at radius 1 is 1.54 bits per heavy atom. The predicted molar refractivity (Wildman–Crippen MR) is 60.8 cm³/mol. The molecule has 0 bridgehead atoms. The minimum Gasteiger partial charge on any atom is -0.121 e. The van der Waals surface area contributed by atoms with E-state index in [-0.39, 0.29) is 10.3 Å². The van der Waals surface area contributed by atoms with Crippen LogP contribution in [0.3, 0.4) is 0 Å². The second kappa shape index (κ2) is 4.25. The second-order valence-electron chi connectivity index (χ2n) is 3.72. The molecule has 1 aliphatic rings. The number of alkyl halides is 2. The molecule has 0 aromatic heterocycles.